The van der Waals surface area contributed by atoms with Gasteiger partial charge in [-0.25, -0.2) is 9.18 Å². The summed E-state index contributed by atoms with van der Waals surface area (Å²) in [6.45, 7) is 2.86. The molecule has 5 nitrogen and oxygen atoms in total. The molecule has 0 fully saturated rings. The molecular formula is C18H20ClFN2O3. The van der Waals surface area contributed by atoms with Crippen LogP contribution >= 0.6 is 11.6 Å². The van der Waals surface area contributed by atoms with Crippen LogP contribution in [0.3, 0.4) is 0 Å². The quantitative estimate of drug-likeness (QED) is 0.789. The number of hydrogen-bond acceptors (Lipinski definition) is 3. The van der Waals surface area contributed by atoms with Crippen LogP contribution < -0.4 is 14.8 Å². The first-order chi connectivity index (χ1) is 12.0. The number of nitrogens with one attached hydrogen (secondary N) is 1. The fourth-order valence-corrected chi connectivity index (χ4v) is 2.14. The van der Waals surface area contributed by atoms with Gasteiger partial charge < -0.3 is 19.7 Å². The molecule has 0 radical (unpaired) electrons. The molecule has 0 aromatic heterocycles. The summed E-state index contributed by atoms with van der Waals surface area (Å²) in [5.41, 5.74) is 0.415. The zero-order valence-electron chi connectivity index (χ0n) is 14.1. The molecule has 0 saturated carbocycles. The number of halogens is 2. The van der Waals surface area contributed by atoms with Crippen molar-refractivity contribution in [2.24, 2.45) is 0 Å². The lowest BCUT2D eigenvalue weighted by atomic mass is 10.3. The Bertz CT molecular complexity index is 710. The third kappa shape index (κ3) is 5.83. The van der Waals surface area contributed by atoms with Gasteiger partial charge in [0.25, 0.3) is 0 Å². The SMILES string of the molecule is CCOc1cc(F)ccc1NC(=O)N(C)CCOc1ccc(Cl)cc1. The fraction of sp³-hybridized carbons (Fsp3) is 0.278. The number of ether oxygens (including phenoxy) is 2. The van der Waals surface area contributed by atoms with Crippen molar-refractivity contribution in [3.8, 4) is 11.5 Å². The smallest absolute Gasteiger partial charge is 0.321 e. The van der Waals surface area contributed by atoms with E-state index >= 15 is 0 Å². The summed E-state index contributed by atoms with van der Waals surface area (Å²) >= 11 is 5.81. The predicted octanol–water partition coefficient (Wildman–Crippen LogP) is 4.42. The highest BCUT2D eigenvalue weighted by Gasteiger charge is 2.13. The first kappa shape index (κ1) is 18.9. The second-order valence-corrected chi connectivity index (χ2v) is 5.66. The van der Waals surface area contributed by atoms with Crippen molar-refractivity contribution in [2.45, 2.75) is 6.92 Å². The van der Waals surface area contributed by atoms with E-state index in [1.165, 1.54) is 23.1 Å². The van der Waals surface area contributed by atoms with Crippen molar-refractivity contribution in [1.29, 1.82) is 0 Å². The molecule has 2 rings (SSSR count). The molecule has 25 heavy (non-hydrogen) atoms. The van der Waals surface area contributed by atoms with Crippen molar-refractivity contribution in [2.75, 3.05) is 32.1 Å². The fourth-order valence-electron chi connectivity index (χ4n) is 2.02. The van der Waals surface area contributed by atoms with Gasteiger partial charge in [-0.15, -0.1) is 0 Å². The molecule has 0 saturated heterocycles. The van der Waals surface area contributed by atoms with Crippen molar-refractivity contribution >= 4 is 23.3 Å². The lowest BCUT2D eigenvalue weighted by molar-refractivity contribution is 0.207. The standard InChI is InChI=1S/C18H20ClFN2O3/c1-3-24-17-12-14(20)6-9-16(17)21-18(23)22(2)10-11-25-15-7-4-13(19)5-8-15/h4-9,12H,3,10-11H2,1-2H3,(H,21,23). The van der Waals surface area contributed by atoms with Gasteiger partial charge in [-0.2, -0.15) is 0 Å². The molecule has 0 heterocycles. The zero-order valence-corrected chi connectivity index (χ0v) is 14.8. The topological polar surface area (TPSA) is 50.8 Å². The first-order valence-corrected chi connectivity index (χ1v) is 8.20. The van der Waals surface area contributed by atoms with Crippen LogP contribution in [0, 0.1) is 5.82 Å². The maximum atomic E-state index is 13.3. The van der Waals surface area contributed by atoms with Gasteiger partial charge in [0.1, 0.15) is 23.9 Å². The Morgan fingerprint density at radius 1 is 1.20 bits per heavy atom. The third-order valence-electron chi connectivity index (χ3n) is 3.34. The molecule has 2 aromatic carbocycles. The summed E-state index contributed by atoms with van der Waals surface area (Å²) in [6.07, 6.45) is 0. The zero-order chi connectivity index (χ0) is 18.2. The highest BCUT2D eigenvalue weighted by atomic mass is 35.5. The van der Waals surface area contributed by atoms with Crippen molar-refractivity contribution in [3.63, 3.8) is 0 Å². The minimum absolute atomic E-state index is 0.293. The highest BCUT2D eigenvalue weighted by Crippen LogP contribution is 2.25. The number of urea groups is 1. The van der Waals surface area contributed by atoms with E-state index in [-0.39, 0.29) is 6.03 Å². The number of nitrogens with zero attached hydrogens (tertiary/aromatic N) is 1. The largest absolute Gasteiger partial charge is 0.492 e. The molecule has 0 aliphatic heterocycles. The van der Waals surface area contributed by atoms with E-state index in [9.17, 15) is 9.18 Å². The van der Waals surface area contributed by atoms with Gasteiger partial charge in [0.2, 0.25) is 0 Å². The average Bonchev–Trinajstić information content (AvgIpc) is 2.59. The van der Waals surface area contributed by atoms with Crippen LogP contribution in [0.25, 0.3) is 0 Å². The summed E-state index contributed by atoms with van der Waals surface area (Å²) in [4.78, 5) is 13.7. The number of rotatable bonds is 7. The Labute approximate surface area is 151 Å². The molecule has 134 valence electrons. The molecule has 2 aromatic rings. The van der Waals surface area contributed by atoms with Crippen molar-refractivity contribution in [3.05, 3.63) is 53.3 Å². The normalized spacial score (nSPS) is 10.2. The third-order valence-corrected chi connectivity index (χ3v) is 3.59. The molecule has 2 amide bonds. The maximum Gasteiger partial charge on any atom is 0.321 e. The molecule has 0 spiro atoms. The summed E-state index contributed by atoms with van der Waals surface area (Å²) < 4.78 is 24.2. The van der Waals surface area contributed by atoms with Gasteiger partial charge in [-0.3, -0.25) is 0 Å². The second kappa shape index (κ2) is 9.13. The van der Waals surface area contributed by atoms with Gasteiger partial charge in [0, 0.05) is 18.1 Å². The van der Waals surface area contributed by atoms with Crippen molar-refractivity contribution in [1.82, 2.24) is 4.90 Å². The number of carbonyl (C=O) groups is 1. The number of hydrogen-bond donors (Lipinski definition) is 1. The molecule has 0 bridgehead atoms. The average molecular weight is 367 g/mol. The molecule has 7 heteroatoms. The van der Waals surface area contributed by atoms with E-state index < -0.39 is 5.82 Å². The number of benzene rings is 2. The molecule has 0 aliphatic carbocycles. The van der Waals surface area contributed by atoms with Crippen LogP contribution in [0.5, 0.6) is 11.5 Å². The van der Waals surface area contributed by atoms with Gasteiger partial charge in [0.15, 0.2) is 0 Å². The first-order valence-electron chi connectivity index (χ1n) is 7.82. The summed E-state index contributed by atoms with van der Waals surface area (Å²) in [5, 5.41) is 3.33. The van der Waals surface area contributed by atoms with E-state index in [2.05, 4.69) is 5.32 Å². The molecule has 0 unspecified atom stereocenters. The number of carbonyl (C=O) groups excluding carboxylic acids is 1. The van der Waals surface area contributed by atoms with E-state index in [0.29, 0.717) is 42.0 Å². The lowest BCUT2D eigenvalue weighted by Gasteiger charge is -2.19. The predicted molar refractivity (Wildman–Crippen MR) is 96.2 cm³/mol. The van der Waals surface area contributed by atoms with Crippen LogP contribution in [0.4, 0.5) is 14.9 Å². The van der Waals surface area contributed by atoms with Gasteiger partial charge in [-0.1, -0.05) is 11.6 Å². The molecule has 0 aliphatic rings. The Kier molecular flexibility index (Phi) is 6.89. The number of likely N-dealkylation sites (N-methyl/N-ethyl adjacent to an activating group) is 1. The number of anilines is 1. The van der Waals surface area contributed by atoms with E-state index in [0.717, 1.165) is 0 Å². The van der Waals surface area contributed by atoms with Crippen molar-refractivity contribution < 1.29 is 18.7 Å². The minimum atomic E-state index is -0.425. The lowest BCUT2D eigenvalue weighted by Crippen LogP contribution is -2.34. The summed E-state index contributed by atoms with van der Waals surface area (Å²) in [7, 11) is 1.64. The summed E-state index contributed by atoms with van der Waals surface area (Å²) in [5.74, 6) is 0.545. The minimum Gasteiger partial charge on any atom is -0.492 e. The Balaban J connectivity index is 1.86. The van der Waals surface area contributed by atoms with Crippen LogP contribution in [0.2, 0.25) is 5.02 Å². The second-order valence-electron chi connectivity index (χ2n) is 5.23. The van der Waals surface area contributed by atoms with E-state index in [1.54, 1.807) is 38.2 Å². The summed E-state index contributed by atoms with van der Waals surface area (Å²) in [6, 6.07) is 10.6. The Morgan fingerprint density at radius 2 is 1.92 bits per heavy atom. The number of amides is 2. The molecular weight excluding hydrogens is 347 g/mol. The Hall–Kier alpha value is -2.47. The van der Waals surface area contributed by atoms with Gasteiger partial charge >= 0.3 is 6.03 Å². The van der Waals surface area contributed by atoms with Crippen LogP contribution in [-0.4, -0.2) is 37.7 Å². The van der Waals surface area contributed by atoms with Crippen LogP contribution in [0.1, 0.15) is 6.92 Å². The molecule has 0 atom stereocenters. The van der Waals surface area contributed by atoms with Gasteiger partial charge in [0.05, 0.1) is 18.8 Å². The monoisotopic (exact) mass is 366 g/mol. The van der Waals surface area contributed by atoms with Crippen LogP contribution in [0.15, 0.2) is 42.5 Å². The van der Waals surface area contributed by atoms with E-state index in [4.69, 9.17) is 21.1 Å². The Morgan fingerprint density at radius 3 is 2.60 bits per heavy atom. The molecule has 1 N–H and O–H groups in total. The van der Waals surface area contributed by atoms with E-state index in [1.807, 2.05) is 0 Å². The van der Waals surface area contributed by atoms with Gasteiger partial charge in [-0.05, 0) is 43.3 Å². The highest BCUT2D eigenvalue weighted by molar-refractivity contribution is 6.30. The maximum absolute atomic E-state index is 13.3. The van der Waals surface area contributed by atoms with Crippen LogP contribution in [-0.2, 0) is 0 Å².